The Balaban J connectivity index is 2.60. The van der Waals surface area contributed by atoms with Gasteiger partial charge in [-0.2, -0.15) is 0 Å². The molecule has 1 N–H and O–H groups in total. The standard InChI is InChI=1S/C17H19NO5S/c1-4-23-17(21)13(10-19)16-18(2)15(20)14(24-16)9-11-5-7-12(22-3)8-6-11/h5-9,19H,4,10H2,1-3H3/b14-9+,16-13+. The SMILES string of the molecule is CCOC(=O)/C(CO)=c1/s/c(=C/c2ccc(OC)cc2)c(=O)n1C. The number of aromatic nitrogens is 1. The second kappa shape index (κ2) is 7.94. The smallest absolute Gasteiger partial charge is 0.339 e. The Hall–Kier alpha value is -2.38. The van der Waals surface area contributed by atoms with Gasteiger partial charge in [-0.3, -0.25) is 4.79 Å². The summed E-state index contributed by atoms with van der Waals surface area (Å²) in [6.07, 6.45) is 1.73. The topological polar surface area (TPSA) is 77.8 Å². The predicted octanol–water partition coefficient (Wildman–Crippen LogP) is -0.00970. The lowest BCUT2D eigenvalue weighted by Gasteiger charge is -2.02. The monoisotopic (exact) mass is 349 g/mol. The highest BCUT2D eigenvalue weighted by molar-refractivity contribution is 7.07. The van der Waals surface area contributed by atoms with E-state index in [0.29, 0.717) is 9.20 Å². The summed E-state index contributed by atoms with van der Waals surface area (Å²) in [4.78, 5) is 24.3. The van der Waals surface area contributed by atoms with Gasteiger partial charge in [-0.15, -0.1) is 11.3 Å². The molecule has 6 nitrogen and oxygen atoms in total. The molecule has 0 aliphatic rings. The van der Waals surface area contributed by atoms with E-state index in [1.54, 1.807) is 39.3 Å². The maximum atomic E-state index is 12.4. The van der Waals surface area contributed by atoms with Crippen LogP contribution in [0.2, 0.25) is 0 Å². The van der Waals surface area contributed by atoms with Crippen LogP contribution in [0.25, 0.3) is 11.6 Å². The molecule has 2 aromatic rings. The van der Waals surface area contributed by atoms with Crippen LogP contribution in [0.1, 0.15) is 12.5 Å². The molecule has 7 heteroatoms. The largest absolute Gasteiger partial charge is 0.497 e. The van der Waals surface area contributed by atoms with Gasteiger partial charge in [0, 0.05) is 7.05 Å². The van der Waals surface area contributed by atoms with Gasteiger partial charge in [-0.25, -0.2) is 4.79 Å². The Kier molecular flexibility index (Phi) is 5.94. The van der Waals surface area contributed by atoms with Gasteiger partial charge in [0.15, 0.2) is 0 Å². The number of methoxy groups -OCH3 is 1. The summed E-state index contributed by atoms with van der Waals surface area (Å²) in [7, 11) is 3.15. The fourth-order valence-electron chi connectivity index (χ4n) is 2.12. The third-order valence-electron chi connectivity index (χ3n) is 3.38. The number of aliphatic hydroxyl groups excluding tert-OH is 1. The molecule has 0 amide bonds. The lowest BCUT2D eigenvalue weighted by atomic mass is 10.2. The number of aliphatic hydroxyl groups is 1. The van der Waals surface area contributed by atoms with E-state index in [0.717, 1.165) is 22.6 Å². The molecule has 0 radical (unpaired) electrons. The van der Waals surface area contributed by atoms with Gasteiger partial charge in [0.25, 0.3) is 5.56 Å². The number of thiazole rings is 1. The van der Waals surface area contributed by atoms with Gasteiger partial charge in [-0.1, -0.05) is 12.1 Å². The second-order valence-electron chi connectivity index (χ2n) is 4.91. The summed E-state index contributed by atoms with van der Waals surface area (Å²) in [5.74, 6) is 0.109. The summed E-state index contributed by atoms with van der Waals surface area (Å²) in [6.45, 7) is 1.39. The van der Waals surface area contributed by atoms with Crippen molar-refractivity contribution in [2.24, 2.45) is 7.05 Å². The number of hydrogen-bond acceptors (Lipinski definition) is 6. The molecule has 0 bridgehead atoms. The fourth-order valence-corrected chi connectivity index (χ4v) is 3.24. The van der Waals surface area contributed by atoms with Crippen molar-refractivity contribution in [2.45, 2.75) is 6.92 Å². The molecule has 0 saturated carbocycles. The maximum Gasteiger partial charge on any atom is 0.339 e. The molecule has 0 aliphatic carbocycles. The highest BCUT2D eigenvalue weighted by atomic mass is 32.1. The molecule has 1 heterocycles. The van der Waals surface area contributed by atoms with Crippen LogP contribution in [-0.4, -0.2) is 36.0 Å². The quantitative estimate of drug-likeness (QED) is 0.769. The van der Waals surface area contributed by atoms with Crippen LogP contribution in [0, 0.1) is 0 Å². The first-order chi connectivity index (χ1) is 11.5. The van der Waals surface area contributed by atoms with Gasteiger partial charge < -0.3 is 19.1 Å². The summed E-state index contributed by atoms with van der Waals surface area (Å²) in [5, 5.41) is 9.48. The molecule has 0 unspecified atom stereocenters. The molecular formula is C17H19NO5S. The normalized spacial score (nSPS) is 12.9. The van der Waals surface area contributed by atoms with E-state index < -0.39 is 12.6 Å². The van der Waals surface area contributed by atoms with Crippen molar-refractivity contribution in [1.29, 1.82) is 0 Å². The number of hydrogen-bond donors (Lipinski definition) is 1. The third kappa shape index (κ3) is 3.74. The maximum absolute atomic E-state index is 12.4. The van der Waals surface area contributed by atoms with Gasteiger partial charge in [0.2, 0.25) is 0 Å². The van der Waals surface area contributed by atoms with E-state index in [4.69, 9.17) is 9.47 Å². The summed E-state index contributed by atoms with van der Waals surface area (Å²) in [6, 6.07) is 7.27. The molecule has 0 aliphatic heterocycles. The Morgan fingerprint density at radius 2 is 2.00 bits per heavy atom. The average Bonchev–Trinajstić information content (AvgIpc) is 2.85. The van der Waals surface area contributed by atoms with Crippen LogP contribution in [0.15, 0.2) is 29.1 Å². The number of esters is 1. The van der Waals surface area contributed by atoms with E-state index in [1.165, 1.54) is 4.57 Å². The zero-order valence-corrected chi connectivity index (χ0v) is 14.6. The minimum atomic E-state index is -0.618. The Labute approximate surface area is 142 Å². The van der Waals surface area contributed by atoms with Crippen LogP contribution in [-0.2, 0) is 16.6 Å². The number of carbonyl (C=O) groups is 1. The van der Waals surface area contributed by atoms with Crippen molar-refractivity contribution in [2.75, 3.05) is 20.3 Å². The van der Waals surface area contributed by atoms with Crippen molar-refractivity contribution < 1.29 is 19.4 Å². The lowest BCUT2D eigenvalue weighted by molar-refractivity contribution is -0.136. The molecule has 128 valence electrons. The summed E-state index contributed by atoms with van der Waals surface area (Å²) < 4.78 is 12.2. The zero-order chi connectivity index (χ0) is 17.7. The van der Waals surface area contributed by atoms with E-state index in [2.05, 4.69) is 0 Å². The summed E-state index contributed by atoms with van der Waals surface area (Å²) >= 11 is 1.14. The van der Waals surface area contributed by atoms with Crippen LogP contribution >= 0.6 is 11.3 Å². The molecular weight excluding hydrogens is 330 g/mol. The van der Waals surface area contributed by atoms with Gasteiger partial charge in [0.1, 0.15) is 10.4 Å². The van der Waals surface area contributed by atoms with Crippen LogP contribution in [0.3, 0.4) is 0 Å². The lowest BCUT2D eigenvalue weighted by Crippen LogP contribution is -2.31. The Bertz CT molecular complexity index is 893. The molecule has 0 spiro atoms. The molecule has 0 saturated heterocycles. The predicted molar refractivity (Wildman–Crippen MR) is 92.5 cm³/mol. The Morgan fingerprint density at radius 3 is 2.54 bits per heavy atom. The first-order valence-corrected chi connectivity index (χ1v) is 8.16. The number of benzene rings is 1. The number of nitrogens with zero attached hydrogens (tertiary/aromatic N) is 1. The second-order valence-corrected chi connectivity index (χ2v) is 5.94. The van der Waals surface area contributed by atoms with E-state index >= 15 is 0 Å². The Morgan fingerprint density at radius 1 is 1.33 bits per heavy atom. The van der Waals surface area contributed by atoms with Crippen molar-refractivity contribution in [3.8, 4) is 5.75 Å². The summed E-state index contributed by atoms with van der Waals surface area (Å²) in [5.41, 5.74) is 0.680. The first-order valence-electron chi connectivity index (χ1n) is 7.34. The van der Waals surface area contributed by atoms with Crippen molar-refractivity contribution >= 4 is 29.0 Å². The van der Waals surface area contributed by atoms with Crippen molar-refractivity contribution in [3.63, 3.8) is 0 Å². The molecule has 0 atom stereocenters. The van der Waals surface area contributed by atoms with E-state index in [-0.39, 0.29) is 17.7 Å². The average molecular weight is 349 g/mol. The van der Waals surface area contributed by atoms with Crippen molar-refractivity contribution in [3.05, 3.63) is 49.4 Å². The van der Waals surface area contributed by atoms with E-state index in [9.17, 15) is 14.7 Å². The minimum Gasteiger partial charge on any atom is -0.497 e. The van der Waals surface area contributed by atoms with Gasteiger partial charge in [-0.05, 0) is 30.7 Å². The minimum absolute atomic E-state index is 0.0795. The number of carbonyl (C=O) groups excluding carboxylic acids is 1. The molecule has 24 heavy (non-hydrogen) atoms. The number of ether oxygens (including phenoxy) is 2. The molecule has 0 fully saturated rings. The molecule has 1 aromatic carbocycles. The first kappa shape index (κ1) is 18.0. The van der Waals surface area contributed by atoms with Crippen LogP contribution in [0.5, 0.6) is 5.75 Å². The van der Waals surface area contributed by atoms with Crippen LogP contribution < -0.4 is 19.5 Å². The number of rotatable bonds is 5. The molecule has 1 aromatic heterocycles. The zero-order valence-electron chi connectivity index (χ0n) is 13.7. The third-order valence-corrected chi connectivity index (χ3v) is 4.60. The van der Waals surface area contributed by atoms with Crippen molar-refractivity contribution in [1.82, 2.24) is 4.57 Å². The highest BCUT2D eigenvalue weighted by Gasteiger charge is 2.14. The van der Waals surface area contributed by atoms with Gasteiger partial charge >= 0.3 is 5.97 Å². The van der Waals surface area contributed by atoms with Crippen LogP contribution in [0.4, 0.5) is 0 Å². The molecule has 2 rings (SSSR count). The van der Waals surface area contributed by atoms with E-state index in [1.807, 2.05) is 12.1 Å². The van der Waals surface area contributed by atoms with Gasteiger partial charge in [0.05, 0.1) is 30.4 Å². The highest BCUT2D eigenvalue weighted by Crippen LogP contribution is 2.11. The fraction of sp³-hybridized carbons (Fsp3) is 0.294.